The minimum absolute atomic E-state index is 0.0689. The van der Waals surface area contributed by atoms with Gasteiger partial charge in [-0.1, -0.05) is 20.8 Å². The van der Waals surface area contributed by atoms with Gasteiger partial charge in [0.2, 0.25) is 5.78 Å². The van der Waals surface area contributed by atoms with Gasteiger partial charge in [0.15, 0.2) is 11.2 Å². The Morgan fingerprint density at radius 2 is 1.92 bits per heavy atom. The number of hydrogen-bond donors (Lipinski definition) is 0. The van der Waals surface area contributed by atoms with Gasteiger partial charge in [0, 0.05) is 11.0 Å². The number of cyclic esters (lactones) is 1. The molecule has 4 heterocycles. The number of hydrogen-bond acceptors (Lipinski definition) is 6. The molecule has 5 fully saturated rings. The largest absolute Gasteiger partial charge is 0.458 e. The van der Waals surface area contributed by atoms with Crippen LogP contribution in [0.15, 0.2) is 11.1 Å². The summed E-state index contributed by atoms with van der Waals surface area (Å²) in [5.74, 6) is 0.252. The van der Waals surface area contributed by atoms with Gasteiger partial charge in [0.25, 0.3) is 0 Å². The second-order valence-corrected chi connectivity index (χ2v) is 9.72. The Bertz CT molecular complexity index is 860. The highest BCUT2D eigenvalue weighted by Crippen LogP contribution is 2.81. The van der Waals surface area contributed by atoms with Crippen LogP contribution in [0.2, 0.25) is 0 Å². The molecule has 3 saturated heterocycles. The predicted molar refractivity (Wildman–Crippen MR) is 86.1 cm³/mol. The molecular formula is C20H22O6. The highest BCUT2D eigenvalue weighted by atomic mass is 16.7. The Balaban J connectivity index is 1.40. The normalized spacial score (nSPS) is 60.3. The Morgan fingerprint density at radius 3 is 2.69 bits per heavy atom. The van der Waals surface area contributed by atoms with E-state index >= 15 is 0 Å². The summed E-state index contributed by atoms with van der Waals surface area (Å²) in [6.07, 6.45) is 1.97. The molecule has 0 amide bonds. The third-order valence-electron chi connectivity index (χ3n) is 8.82. The van der Waals surface area contributed by atoms with Crippen LogP contribution < -0.4 is 0 Å². The summed E-state index contributed by atoms with van der Waals surface area (Å²) in [6.45, 7) is 6.72. The van der Waals surface area contributed by atoms with Crippen molar-refractivity contribution in [1.82, 2.24) is 0 Å². The highest BCUT2D eigenvalue weighted by molar-refractivity contribution is 6.05. The monoisotopic (exact) mass is 358 g/mol. The van der Waals surface area contributed by atoms with E-state index in [2.05, 4.69) is 6.92 Å². The smallest absolute Gasteiger partial charge is 0.334 e. The molecule has 7 aliphatic rings. The second kappa shape index (κ2) is 3.69. The van der Waals surface area contributed by atoms with E-state index in [1.807, 2.05) is 13.8 Å². The molecule has 138 valence electrons. The summed E-state index contributed by atoms with van der Waals surface area (Å²) in [6, 6.07) is 0. The number of rotatable bonds is 1. The first-order valence-corrected chi connectivity index (χ1v) is 9.82. The highest BCUT2D eigenvalue weighted by Gasteiger charge is 3.00. The third-order valence-corrected chi connectivity index (χ3v) is 8.82. The summed E-state index contributed by atoms with van der Waals surface area (Å²) < 4.78 is 24.1. The van der Waals surface area contributed by atoms with Crippen LogP contribution in [0.3, 0.4) is 0 Å². The molecule has 0 aromatic heterocycles. The van der Waals surface area contributed by atoms with Gasteiger partial charge in [0.1, 0.15) is 24.4 Å². The first-order chi connectivity index (χ1) is 12.3. The van der Waals surface area contributed by atoms with Gasteiger partial charge < -0.3 is 18.9 Å². The number of epoxide rings is 3. The molecule has 8 atom stereocenters. The first kappa shape index (κ1) is 14.8. The zero-order valence-electron chi connectivity index (χ0n) is 15.2. The lowest BCUT2D eigenvalue weighted by Crippen LogP contribution is -2.67. The number of carbonyl (C=O) groups excluding carboxylic acids is 2. The summed E-state index contributed by atoms with van der Waals surface area (Å²) in [5.41, 5.74) is -0.371. The maximum Gasteiger partial charge on any atom is 0.334 e. The van der Waals surface area contributed by atoms with Gasteiger partial charge in [-0.05, 0) is 36.7 Å². The average Bonchev–Trinajstić information content (AvgIpc) is 3.47. The van der Waals surface area contributed by atoms with Crippen molar-refractivity contribution >= 4 is 11.8 Å². The second-order valence-electron chi connectivity index (χ2n) is 9.72. The molecule has 6 nitrogen and oxygen atoms in total. The Morgan fingerprint density at radius 1 is 1.12 bits per heavy atom. The number of Topliss-reactive ketones (excluding diaryl/α,β-unsaturated/α-hetero) is 1. The minimum Gasteiger partial charge on any atom is -0.458 e. The summed E-state index contributed by atoms with van der Waals surface area (Å²) in [5, 5.41) is 0. The van der Waals surface area contributed by atoms with Crippen molar-refractivity contribution in [2.24, 2.45) is 17.3 Å². The fourth-order valence-electron chi connectivity index (χ4n) is 7.41. The van der Waals surface area contributed by atoms with E-state index in [9.17, 15) is 9.59 Å². The standard InChI is InChI=1S/C20H22O6/c1-8(2)18-13(25-18)14-20(26-14)17(3)5-4-9-10(7-23-15(9)21)11(17)6-12-19(20,24-12)16(18)22/h8,11-14H,4-7H2,1-3H3/t11-,12+,13+,14+,17+,18+,19-,20-/m1/s1. The van der Waals surface area contributed by atoms with Gasteiger partial charge in [0.05, 0.1) is 6.10 Å². The average molecular weight is 358 g/mol. The molecule has 4 aliphatic heterocycles. The molecule has 26 heavy (non-hydrogen) atoms. The third kappa shape index (κ3) is 1.10. The fraction of sp³-hybridized carbons (Fsp3) is 0.800. The van der Waals surface area contributed by atoms with E-state index in [4.69, 9.17) is 18.9 Å². The number of ketones is 1. The molecule has 3 aliphatic carbocycles. The molecule has 2 saturated carbocycles. The zero-order chi connectivity index (χ0) is 17.9. The number of fused-ring (bicyclic) bond motifs is 4. The Kier molecular flexibility index (Phi) is 2.10. The molecule has 0 unspecified atom stereocenters. The molecule has 0 aromatic rings. The van der Waals surface area contributed by atoms with Crippen molar-refractivity contribution < 1.29 is 28.5 Å². The van der Waals surface area contributed by atoms with E-state index in [1.165, 1.54) is 0 Å². The van der Waals surface area contributed by atoms with E-state index in [-0.39, 0.29) is 47.3 Å². The summed E-state index contributed by atoms with van der Waals surface area (Å²) in [4.78, 5) is 25.7. The van der Waals surface area contributed by atoms with Crippen LogP contribution in [0.1, 0.15) is 40.0 Å². The van der Waals surface area contributed by atoms with E-state index in [0.29, 0.717) is 13.0 Å². The zero-order valence-corrected chi connectivity index (χ0v) is 15.2. The van der Waals surface area contributed by atoms with Gasteiger partial charge in [-0.3, -0.25) is 4.79 Å². The van der Waals surface area contributed by atoms with Gasteiger partial charge >= 0.3 is 5.97 Å². The first-order valence-electron chi connectivity index (χ1n) is 9.82. The van der Waals surface area contributed by atoms with Crippen molar-refractivity contribution in [3.05, 3.63) is 11.1 Å². The molecule has 2 spiro atoms. The SMILES string of the molecule is CC(C)[C@]12O[C@H]1[C@@H]1O[C@@]13[C@@]1(C)CCC4=C(COC4=O)[C@H]1C[C@@H]1O[C@@]13C2=O. The van der Waals surface area contributed by atoms with Crippen molar-refractivity contribution in [2.75, 3.05) is 6.61 Å². The van der Waals surface area contributed by atoms with Crippen molar-refractivity contribution in [3.63, 3.8) is 0 Å². The van der Waals surface area contributed by atoms with E-state index in [1.54, 1.807) is 0 Å². The van der Waals surface area contributed by atoms with Gasteiger partial charge in [-0.15, -0.1) is 0 Å². The molecular weight excluding hydrogens is 336 g/mol. The van der Waals surface area contributed by atoms with Gasteiger partial charge in [-0.25, -0.2) is 4.79 Å². The van der Waals surface area contributed by atoms with Crippen molar-refractivity contribution in [2.45, 2.75) is 75.1 Å². The van der Waals surface area contributed by atoms with Crippen LogP contribution in [-0.2, 0) is 28.5 Å². The number of ether oxygens (including phenoxy) is 4. The van der Waals surface area contributed by atoms with Crippen molar-refractivity contribution in [3.8, 4) is 0 Å². The lowest BCUT2D eigenvalue weighted by atomic mass is 9.47. The molecule has 6 heteroatoms. The molecule has 7 rings (SSSR count). The number of esters is 1. The van der Waals surface area contributed by atoms with Crippen molar-refractivity contribution in [1.29, 1.82) is 0 Å². The van der Waals surface area contributed by atoms with Crippen LogP contribution in [0.25, 0.3) is 0 Å². The lowest BCUT2D eigenvalue weighted by molar-refractivity contribution is -0.139. The summed E-state index contributed by atoms with van der Waals surface area (Å²) in [7, 11) is 0. The van der Waals surface area contributed by atoms with Crippen LogP contribution in [0.5, 0.6) is 0 Å². The topological polar surface area (TPSA) is 81.0 Å². The molecule has 0 bridgehead atoms. The molecule has 0 N–H and O–H groups in total. The Hall–Kier alpha value is -1.24. The number of carbonyl (C=O) groups is 2. The molecule has 0 aromatic carbocycles. The van der Waals surface area contributed by atoms with Crippen LogP contribution in [0, 0.1) is 17.3 Å². The minimum atomic E-state index is -0.832. The van der Waals surface area contributed by atoms with E-state index in [0.717, 1.165) is 24.0 Å². The quantitative estimate of drug-likeness (QED) is 0.519. The van der Waals surface area contributed by atoms with E-state index < -0.39 is 16.8 Å². The maximum atomic E-state index is 13.6. The van der Waals surface area contributed by atoms with Crippen LogP contribution in [-0.4, -0.2) is 53.5 Å². The van der Waals surface area contributed by atoms with Crippen LogP contribution in [0.4, 0.5) is 0 Å². The fourth-order valence-corrected chi connectivity index (χ4v) is 7.41. The predicted octanol–water partition coefficient (Wildman–Crippen LogP) is 1.31. The van der Waals surface area contributed by atoms with Gasteiger partial charge in [-0.2, -0.15) is 0 Å². The van der Waals surface area contributed by atoms with Crippen LogP contribution >= 0.6 is 0 Å². The lowest BCUT2D eigenvalue weighted by Gasteiger charge is -2.51. The Labute approximate surface area is 151 Å². The molecule has 0 radical (unpaired) electrons. The maximum absolute atomic E-state index is 13.6. The summed E-state index contributed by atoms with van der Waals surface area (Å²) >= 11 is 0.